The number of nitrogens with zero attached hydrogens (tertiary/aromatic N) is 1. The van der Waals surface area contributed by atoms with E-state index in [9.17, 15) is 4.79 Å². The third-order valence-corrected chi connectivity index (χ3v) is 2.78. The number of carbonyl (C=O) groups excluding carboxylic acids is 1. The molecule has 0 saturated heterocycles. The van der Waals surface area contributed by atoms with Gasteiger partial charge in [0.1, 0.15) is 0 Å². The Kier molecular flexibility index (Phi) is 4.28. The van der Waals surface area contributed by atoms with Gasteiger partial charge in [0.05, 0.1) is 18.8 Å². The van der Waals surface area contributed by atoms with Crippen LogP contribution in [-0.2, 0) is 4.79 Å². The first-order chi connectivity index (χ1) is 7.13. The number of carbonyl (C=O) groups is 1. The van der Waals surface area contributed by atoms with Gasteiger partial charge >= 0.3 is 0 Å². The van der Waals surface area contributed by atoms with Gasteiger partial charge in [-0.25, -0.2) is 4.98 Å². The standard InChI is InChI=1S/C10H13N3OS/c1-4-5-11-6-9(14)13-10-12-7(2)8(3)15-10/h1,11H,5-6H2,2-3H3,(H,12,13,14). The molecule has 0 saturated carbocycles. The van der Waals surface area contributed by atoms with Crippen LogP contribution in [0.1, 0.15) is 10.6 Å². The molecule has 0 radical (unpaired) electrons. The van der Waals surface area contributed by atoms with Crippen LogP contribution < -0.4 is 10.6 Å². The molecular weight excluding hydrogens is 210 g/mol. The molecule has 0 aliphatic carbocycles. The smallest absolute Gasteiger partial charge is 0.240 e. The van der Waals surface area contributed by atoms with Gasteiger partial charge in [-0.05, 0) is 13.8 Å². The minimum Gasteiger partial charge on any atom is -0.301 e. The molecule has 0 unspecified atom stereocenters. The summed E-state index contributed by atoms with van der Waals surface area (Å²) < 4.78 is 0. The number of terminal acetylenes is 1. The van der Waals surface area contributed by atoms with Gasteiger partial charge in [0.2, 0.25) is 5.91 Å². The first kappa shape index (κ1) is 11.7. The van der Waals surface area contributed by atoms with Crippen molar-refractivity contribution in [2.24, 2.45) is 0 Å². The van der Waals surface area contributed by atoms with E-state index in [1.165, 1.54) is 11.3 Å². The molecule has 5 heteroatoms. The van der Waals surface area contributed by atoms with Crippen LogP contribution in [0.25, 0.3) is 0 Å². The van der Waals surface area contributed by atoms with Crippen molar-refractivity contribution in [3.63, 3.8) is 0 Å². The minimum atomic E-state index is -0.126. The molecule has 4 nitrogen and oxygen atoms in total. The molecule has 1 amide bonds. The molecule has 0 spiro atoms. The van der Waals surface area contributed by atoms with Gasteiger partial charge in [-0.3, -0.25) is 10.1 Å². The molecule has 0 aliphatic heterocycles. The number of nitrogens with one attached hydrogen (secondary N) is 2. The molecule has 1 heterocycles. The predicted molar refractivity (Wildman–Crippen MR) is 61.9 cm³/mol. The van der Waals surface area contributed by atoms with Crippen LogP contribution in [0.5, 0.6) is 0 Å². The molecule has 2 N–H and O–H groups in total. The lowest BCUT2D eigenvalue weighted by Crippen LogP contribution is -2.28. The van der Waals surface area contributed by atoms with Gasteiger partial charge in [-0.2, -0.15) is 0 Å². The number of hydrogen-bond donors (Lipinski definition) is 2. The lowest BCUT2D eigenvalue weighted by molar-refractivity contribution is -0.115. The first-order valence-corrected chi connectivity index (χ1v) is 5.33. The van der Waals surface area contributed by atoms with Crippen molar-refractivity contribution in [1.82, 2.24) is 10.3 Å². The van der Waals surface area contributed by atoms with Gasteiger partial charge in [0, 0.05) is 4.88 Å². The van der Waals surface area contributed by atoms with Crippen molar-refractivity contribution in [2.45, 2.75) is 13.8 Å². The highest BCUT2D eigenvalue weighted by atomic mass is 32.1. The highest BCUT2D eigenvalue weighted by Crippen LogP contribution is 2.20. The zero-order valence-corrected chi connectivity index (χ0v) is 9.57. The van der Waals surface area contributed by atoms with E-state index in [2.05, 4.69) is 21.5 Å². The van der Waals surface area contributed by atoms with E-state index in [1.54, 1.807) is 0 Å². The summed E-state index contributed by atoms with van der Waals surface area (Å²) >= 11 is 1.47. The van der Waals surface area contributed by atoms with Crippen molar-refractivity contribution in [3.05, 3.63) is 10.6 Å². The van der Waals surface area contributed by atoms with Gasteiger partial charge in [-0.15, -0.1) is 17.8 Å². The van der Waals surface area contributed by atoms with Gasteiger partial charge in [0.25, 0.3) is 0 Å². The SMILES string of the molecule is C#CCNCC(=O)Nc1nc(C)c(C)s1. The van der Waals surface area contributed by atoms with Crippen LogP contribution in [0.2, 0.25) is 0 Å². The maximum Gasteiger partial charge on any atom is 0.240 e. The average Bonchev–Trinajstić information content (AvgIpc) is 2.46. The second-order valence-electron chi connectivity index (χ2n) is 3.02. The summed E-state index contributed by atoms with van der Waals surface area (Å²) in [5.41, 5.74) is 0.951. The van der Waals surface area contributed by atoms with Crippen molar-refractivity contribution in [2.75, 3.05) is 18.4 Å². The number of thiazole rings is 1. The summed E-state index contributed by atoms with van der Waals surface area (Å²) in [5, 5.41) is 6.14. The monoisotopic (exact) mass is 223 g/mol. The van der Waals surface area contributed by atoms with Gasteiger partial charge in [0.15, 0.2) is 5.13 Å². The Morgan fingerprint density at radius 3 is 2.87 bits per heavy atom. The van der Waals surface area contributed by atoms with E-state index in [4.69, 9.17) is 6.42 Å². The van der Waals surface area contributed by atoms with E-state index >= 15 is 0 Å². The van der Waals surface area contributed by atoms with Crippen molar-refractivity contribution in [1.29, 1.82) is 0 Å². The zero-order valence-electron chi connectivity index (χ0n) is 8.76. The fourth-order valence-electron chi connectivity index (χ4n) is 0.938. The maximum atomic E-state index is 11.3. The highest BCUT2D eigenvalue weighted by Gasteiger charge is 2.06. The van der Waals surface area contributed by atoms with Crippen LogP contribution in [0, 0.1) is 26.2 Å². The fraction of sp³-hybridized carbons (Fsp3) is 0.400. The number of aryl methyl sites for hydroxylation is 2. The lowest BCUT2D eigenvalue weighted by Gasteiger charge is -2.00. The van der Waals surface area contributed by atoms with E-state index in [0.29, 0.717) is 11.7 Å². The third-order valence-electron chi connectivity index (χ3n) is 1.79. The molecular formula is C10H13N3OS. The Hall–Kier alpha value is -1.38. The second kappa shape index (κ2) is 5.49. The normalized spacial score (nSPS) is 9.67. The van der Waals surface area contributed by atoms with Gasteiger partial charge < -0.3 is 5.32 Å². The summed E-state index contributed by atoms with van der Waals surface area (Å²) in [7, 11) is 0. The van der Waals surface area contributed by atoms with Crippen molar-refractivity contribution >= 4 is 22.4 Å². The Bertz CT molecular complexity index is 372. The molecule has 0 aliphatic rings. The van der Waals surface area contributed by atoms with Crippen LogP contribution in [-0.4, -0.2) is 24.0 Å². The van der Waals surface area contributed by atoms with Crippen LogP contribution in [0.4, 0.5) is 5.13 Å². The van der Waals surface area contributed by atoms with Crippen molar-refractivity contribution < 1.29 is 4.79 Å². The Morgan fingerprint density at radius 1 is 1.60 bits per heavy atom. The summed E-state index contributed by atoms with van der Waals surface area (Å²) in [6.07, 6.45) is 5.04. The first-order valence-electron chi connectivity index (χ1n) is 4.51. The number of hydrogen-bond acceptors (Lipinski definition) is 4. The molecule has 0 atom stereocenters. The quantitative estimate of drug-likeness (QED) is 0.589. The number of amides is 1. The van der Waals surface area contributed by atoms with E-state index in [0.717, 1.165) is 10.6 Å². The topological polar surface area (TPSA) is 54.0 Å². The van der Waals surface area contributed by atoms with E-state index in [1.807, 2.05) is 13.8 Å². The molecule has 1 rings (SSSR count). The highest BCUT2D eigenvalue weighted by molar-refractivity contribution is 7.15. The van der Waals surface area contributed by atoms with Crippen LogP contribution in [0.15, 0.2) is 0 Å². The second-order valence-corrected chi connectivity index (χ2v) is 4.22. The molecule has 0 fully saturated rings. The number of rotatable bonds is 4. The summed E-state index contributed by atoms with van der Waals surface area (Å²) in [6, 6.07) is 0. The van der Waals surface area contributed by atoms with Crippen LogP contribution in [0.3, 0.4) is 0 Å². The lowest BCUT2D eigenvalue weighted by atomic mass is 10.4. The molecule has 0 aromatic carbocycles. The molecule has 0 bridgehead atoms. The molecule has 15 heavy (non-hydrogen) atoms. The Labute approximate surface area is 93.1 Å². The largest absolute Gasteiger partial charge is 0.301 e. The minimum absolute atomic E-state index is 0.126. The number of anilines is 1. The van der Waals surface area contributed by atoms with E-state index in [-0.39, 0.29) is 12.5 Å². The van der Waals surface area contributed by atoms with Crippen LogP contribution >= 0.6 is 11.3 Å². The Balaban J connectivity index is 2.42. The van der Waals surface area contributed by atoms with Crippen molar-refractivity contribution in [3.8, 4) is 12.3 Å². The van der Waals surface area contributed by atoms with E-state index < -0.39 is 0 Å². The zero-order chi connectivity index (χ0) is 11.3. The van der Waals surface area contributed by atoms with Gasteiger partial charge in [-0.1, -0.05) is 5.92 Å². The summed E-state index contributed by atoms with van der Waals surface area (Å²) in [4.78, 5) is 16.6. The molecule has 1 aromatic rings. The maximum absolute atomic E-state index is 11.3. The average molecular weight is 223 g/mol. The Morgan fingerprint density at radius 2 is 2.33 bits per heavy atom. The number of aromatic nitrogens is 1. The fourth-order valence-corrected chi connectivity index (χ4v) is 1.77. The predicted octanol–water partition coefficient (Wildman–Crippen LogP) is 0.921. The molecule has 80 valence electrons. The third kappa shape index (κ3) is 3.70. The summed E-state index contributed by atoms with van der Waals surface area (Å²) in [6.45, 7) is 4.49. The summed E-state index contributed by atoms with van der Waals surface area (Å²) in [5.74, 6) is 2.27. The molecule has 1 aromatic heterocycles.